The predicted molar refractivity (Wildman–Crippen MR) is 107 cm³/mol. The highest BCUT2D eigenvalue weighted by atomic mass is 16.6. The second kappa shape index (κ2) is 9.34. The maximum atomic E-state index is 11.8. The number of aromatic nitrogens is 6. The molecular weight excluding hydrogens is 410 g/mol. The van der Waals surface area contributed by atoms with E-state index >= 15 is 0 Å². The summed E-state index contributed by atoms with van der Waals surface area (Å²) in [6, 6.07) is 0. The Morgan fingerprint density at radius 1 is 1.29 bits per heavy atom. The molecule has 0 radical (unpaired) electrons. The number of rotatable bonds is 5. The van der Waals surface area contributed by atoms with Crippen molar-refractivity contribution in [2.24, 2.45) is 0 Å². The number of nitrogen functional groups attached to an aromatic ring is 1. The molecule has 168 valence electrons. The van der Waals surface area contributed by atoms with E-state index in [0.29, 0.717) is 0 Å². The summed E-state index contributed by atoms with van der Waals surface area (Å²) < 4.78 is 13.1. The lowest BCUT2D eigenvalue weighted by Crippen LogP contribution is -2.33. The van der Waals surface area contributed by atoms with E-state index in [-0.39, 0.29) is 35.1 Å². The van der Waals surface area contributed by atoms with Crippen LogP contribution in [0.5, 0.6) is 0 Å². The van der Waals surface area contributed by atoms with Gasteiger partial charge in [-0.1, -0.05) is 13.8 Å². The number of esters is 1. The molecule has 13 heteroatoms. The van der Waals surface area contributed by atoms with E-state index in [1.165, 1.54) is 28.0 Å². The fourth-order valence-corrected chi connectivity index (χ4v) is 3.08. The molecule has 1 aliphatic rings. The van der Waals surface area contributed by atoms with Crippen LogP contribution in [0.4, 0.5) is 5.82 Å². The summed E-state index contributed by atoms with van der Waals surface area (Å²) in [6.07, 6.45) is -0.542. The number of imidazole rings is 1. The lowest BCUT2D eigenvalue weighted by molar-refractivity contribution is -0.0511. The lowest BCUT2D eigenvalue weighted by Gasteiger charge is -2.16. The number of carbonyl (C=O) groups excluding carboxylic acids is 1. The van der Waals surface area contributed by atoms with Gasteiger partial charge in [0.1, 0.15) is 23.8 Å². The summed E-state index contributed by atoms with van der Waals surface area (Å²) in [5, 5.41) is 33.6. The van der Waals surface area contributed by atoms with Crippen LogP contribution in [0, 0.1) is 0 Å². The Hall–Kier alpha value is -3.13. The summed E-state index contributed by atoms with van der Waals surface area (Å²) in [4.78, 5) is 24.5. The van der Waals surface area contributed by atoms with Crippen molar-refractivity contribution in [3.05, 3.63) is 24.3 Å². The molecule has 4 heterocycles. The van der Waals surface area contributed by atoms with Gasteiger partial charge < -0.3 is 30.5 Å². The van der Waals surface area contributed by atoms with Gasteiger partial charge in [0, 0.05) is 6.20 Å². The van der Waals surface area contributed by atoms with Gasteiger partial charge in [-0.25, -0.2) is 14.5 Å². The third kappa shape index (κ3) is 4.07. The van der Waals surface area contributed by atoms with E-state index in [4.69, 9.17) is 15.2 Å². The van der Waals surface area contributed by atoms with E-state index in [1.807, 2.05) is 13.8 Å². The molecule has 4 rings (SSSR count). The zero-order valence-corrected chi connectivity index (χ0v) is 17.3. The Kier molecular flexibility index (Phi) is 6.80. The zero-order chi connectivity index (χ0) is 22.7. The van der Waals surface area contributed by atoms with Gasteiger partial charge in [0.2, 0.25) is 0 Å². The maximum absolute atomic E-state index is 11.8. The molecule has 0 spiro atoms. The number of nitrogens with two attached hydrogens (primary N) is 1. The minimum Gasteiger partial charge on any atom is -0.462 e. The van der Waals surface area contributed by atoms with Crippen LogP contribution in [0.2, 0.25) is 0 Å². The van der Waals surface area contributed by atoms with E-state index < -0.39 is 37.1 Å². The Morgan fingerprint density at radius 2 is 2.03 bits per heavy atom. The number of fused-ring (bicyclic) bond motifs is 1. The highest BCUT2D eigenvalue weighted by Crippen LogP contribution is 2.32. The van der Waals surface area contributed by atoms with Crippen molar-refractivity contribution < 1.29 is 29.6 Å². The smallest absolute Gasteiger partial charge is 0.341 e. The number of carbonyl (C=O) groups is 1. The number of ether oxygens (including phenoxy) is 2. The van der Waals surface area contributed by atoms with Gasteiger partial charge in [-0.05, 0) is 6.92 Å². The first-order valence-corrected chi connectivity index (χ1v) is 9.79. The molecular formula is C18H25N7O6. The van der Waals surface area contributed by atoms with Crippen molar-refractivity contribution in [1.29, 1.82) is 0 Å². The van der Waals surface area contributed by atoms with Crippen LogP contribution in [-0.2, 0) is 9.47 Å². The highest BCUT2D eigenvalue weighted by molar-refractivity contribution is 5.89. The molecule has 0 unspecified atom stereocenters. The van der Waals surface area contributed by atoms with Gasteiger partial charge in [-0.3, -0.25) is 4.57 Å². The molecule has 13 nitrogen and oxygen atoms in total. The van der Waals surface area contributed by atoms with Crippen LogP contribution < -0.4 is 5.73 Å². The number of aliphatic hydroxyl groups is 3. The monoisotopic (exact) mass is 435 g/mol. The molecule has 0 aliphatic carbocycles. The molecule has 0 aromatic carbocycles. The standard InChI is InChI=1S/C16H19N7O6.C2H6/c1-2-28-15(27)7-3-19-23(4-7)16-20-12(17)9-13(21-16)22(6-18-9)14-11(26)10(25)8(5-24)29-14;1-2/h3-4,6,8,10-11,14,24-26H,2,5H2,1H3,(H2,17,20,21);1-2H3/t8-,10-,11-,14-;/m1./s1. The van der Waals surface area contributed by atoms with Crippen LogP contribution in [0.1, 0.15) is 37.4 Å². The molecule has 5 N–H and O–H groups in total. The van der Waals surface area contributed by atoms with E-state index in [1.54, 1.807) is 6.92 Å². The number of anilines is 1. The molecule has 1 aliphatic heterocycles. The second-order valence-electron chi connectivity index (χ2n) is 6.36. The minimum atomic E-state index is -1.32. The molecule has 0 bridgehead atoms. The average molecular weight is 435 g/mol. The lowest BCUT2D eigenvalue weighted by atomic mass is 10.1. The van der Waals surface area contributed by atoms with Gasteiger partial charge in [-0.2, -0.15) is 15.1 Å². The molecule has 31 heavy (non-hydrogen) atoms. The Bertz CT molecular complexity index is 1050. The first kappa shape index (κ1) is 22.6. The normalized spacial score (nSPS) is 22.9. The van der Waals surface area contributed by atoms with Gasteiger partial charge in [0.25, 0.3) is 5.95 Å². The van der Waals surface area contributed by atoms with Gasteiger partial charge in [-0.15, -0.1) is 0 Å². The number of hydrogen-bond donors (Lipinski definition) is 4. The second-order valence-corrected chi connectivity index (χ2v) is 6.36. The van der Waals surface area contributed by atoms with Crippen molar-refractivity contribution in [3.63, 3.8) is 0 Å². The molecule has 0 amide bonds. The fraction of sp³-hybridized carbons (Fsp3) is 0.500. The largest absolute Gasteiger partial charge is 0.462 e. The Balaban J connectivity index is 0.00000132. The number of aliphatic hydroxyl groups excluding tert-OH is 3. The van der Waals surface area contributed by atoms with Crippen molar-refractivity contribution >= 4 is 23.0 Å². The summed E-state index contributed by atoms with van der Waals surface area (Å²) >= 11 is 0. The third-order valence-corrected chi connectivity index (χ3v) is 4.53. The van der Waals surface area contributed by atoms with Crippen molar-refractivity contribution in [1.82, 2.24) is 29.3 Å². The highest BCUT2D eigenvalue weighted by Gasteiger charge is 2.44. The Labute approximate surface area is 177 Å². The van der Waals surface area contributed by atoms with Gasteiger partial charge in [0.15, 0.2) is 17.7 Å². The van der Waals surface area contributed by atoms with Gasteiger partial charge >= 0.3 is 5.97 Å². The quantitative estimate of drug-likeness (QED) is 0.376. The molecule has 3 aromatic heterocycles. The summed E-state index contributed by atoms with van der Waals surface area (Å²) in [5.41, 5.74) is 6.67. The molecule has 1 fully saturated rings. The fourth-order valence-electron chi connectivity index (χ4n) is 3.08. The number of hydrogen-bond acceptors (Lipinski definition) is 11. The van der Waals surface area contributed by atoms with Crippen molar-refractivity contribution in [2.75, 3.05) is 18.9 Å². The van der Waals surface area contributed by atoms with Crippen LogP contribution in [0.15, 0.2) is 18.7 Å². The minimum absolute atomic E-state index is 0.0451. The van der Waals surface area contributed by atoms with Crippen LogP contribution >= 0.6 is 0 Å². The Morgan fingerprint density at radius 3 is 2.68 bits per heavy atom. The van der Waals surface area contributed by atoms with E-state index in [0.717, 1.165) is 0 Å². The van der Waals surface area contributed by atoms with Crippen molar-refractivity contribution in [3.8, 4) is 5.95 Å². The zero-order valence-electron chi connectivity index (χ0n) is 17.3. The summed E-state index contributed by atoms with van der Waals surface area (Å²) in [5.74, 6) is -0.438. The average Bonchev–Trinajstić information content (AvgIpc) is 3.49. The SMILES string of the molecule is CC.CCOC(=O)c1cnn(-c2nc(N)c3ncn([C@@H]4O[C@H](CO)[C@@H](O)[C@H]4O)c3n2)c1. The topological polar surface area (TPSA) is 184 Å². The van der Waals surface area contributed by atoms with E-state index in [9.17, 15) is 20.1 Å². The van der Waals surface area contributed by atoms with Gasteiger partial charge in [0.05, 0.1) is 31.3 Å². The van der Waals surface area contributed by atoms with Crippen LogP contribution in [0.3, 0.4) is 0 Å². The van der Waals surface area contributed by atoms with Crippen molar-refractivity contribution in [2.45, 2.75) is 45.3 Å². The third-order valence-electron chi connectivity index (χ3n) is 4.53. The van der Waals surface area contributed by atoms with E-state index in [2.05, 4.69) is 20.1 Å². The number of nitrogens with zero attached hydrogens (tertiary/aromatic N) is 6. The molecule has 1 saturated heterocycles. The first-order chi connectivity index (χ1) is 14.9. The summed E-state index contributed by atoms with van der Waals surface area (Å²) in [6.45, 7) is 5.45. The first-order valence-electron chi connectivity index (χ1n) is 9.79. The molecule has 4 atom stereocenters. The van der Waals surface area contributed by atoms with Crippen LogP contribution in [-0.4, -0.2) is 82.1 Å². The molecule has 3 aromatic rings. The molecule has 0 saturated carbocycles. The van der Waals surface area contributed by atoms with Crippen LogP contribution in [0.25, 0.3) is 17.1 Å². The maximum Gasteiger partial charge on any atom is 0.341 e. The summed E-state index contributed by atoms with van der Waals surface area (Å²) in [7, 11) is 0. The predicted octanol–water partition coefficient (Wildman–Crippen LogP) is -0.591.